The molecule has 24 heavy (non-hydrogen) atoms. The molecular weight excluding hydrogens is 347 g/mol. The molecule has 3 rings (SSSR count). The van der Waals surface area contributed by atoms with Gasteiger partial charge < -0.3 is 9.64 Å². The second-order valence-electron chi connectivity index (χ2n) is 5.81. The van der Waals surface area contributed by atoms with Crippen molar-refractivity contribution in [3.63, 3.8) is 0 Å². The molecule has 0 aliphatic carbocycles. The van der Waals surface area contributed by atoms with E-state index in [0.717, 1.165) is 18.4 Å². The van der Waals surface area contributed by atoms with E-state index in [9.17, 15) is 4.79 Å². The van der Waals surface area contributed by atoms with Gasteiger partial charge in [0, 0.05) is 30.5 Å². The molecule has 2 aromatic rings. The van der Waals surface area contributed by atoms with E-state index < -0.39 is 0 Å². The van der Waals surface area contributed by atoms with E-state index in [-0.39, 0.29) is 12.0 Å². The lowest BCUT2D eigenvalue weighted by Gasteiger charge is -2.33. The molecule has 1 aromatic heterocycles. The second-order valence-corrected chi connectivity index (χ2v) is 6.66. The van der Waals surface area contributed by atoms with Gasteiger partial charge in [-0.2, -0.15) is 0 Å². The van der Waals surface area contributed by atoms with Crippen molar-refractivity contribution in [2.24, 2.45) is 0 Å². The van der Waals surface area contributed by atoms with Crippen molar-refractivity contribution in [2.45, 2.75) is 25.6 Å². The van der Waals surface area contributed by atoms with Crippen LogP contribution >= 0.6 is 23.2 Å². The van der Waals surface area contributed by atoms with Crippen molar-refractivity contribution in [1.29, 1.82) is 0 Å². The smallest absolute Gasteiger partial charge is 0.255 e. The number of carbonyl (C=O) groups excluding carboxylic acids is 1. The monoisotopic (exact) mass is 364 g/mol. The van der Waals surface area contributed by atoms with Crippen molar-refractivity contribution in [1.82, 2.24) is 9.88 Å². The molecule has 1 aliphatic rings. The lowest BCUT2D eigenvalue weighted by atomic mass is 10.1. The average Bonchev–Trinajstić information content (AvgIpc) is 2.61. The van der Waals surface area contributed by atoms with E-state index in [4.69, 9.17) is 27.9 Å². The summed E-state index contributed by atoms with van der Waals surface area (Å²) in [6.07, 6.45) is 5.40. The highest BCUT2D eigenvalue weighted by Gasteiger charge is 2.26. The average molecular weight is 365 g/mol. The summed E-state index contributed by atoms with van der Waals surface area (Å²) < 4.78 is 5.95. The third-order valence-corrected chi connectivity index (χ3v) is 4.58. The number of rotatable bonds is 4. The minimum atomic E-state index is -0.0775. The Morgan fingerprint density at radius 2 is 2.21 bits per heavy atom. The van der Waals surface area contributed by atoms with E-state index in [1.54, 1.807) is 35.5 Å². The topological polar surface area (TPSA) is 42.4 Å². The van der Waals surface area contributed by atoms with E-state index in [0.29, 0.717) is 35.3 Å². The van der Waals surface area contributed by atoms with Crippen molar-refractivity contribution in [3.05, 3.63) is 63.9 Å². The van der Waals surface area contributed by atoms with Crippen LogP contribution in [0.25, 0.3) is 0 Å². The van der Waals surface area contributed by atoms with Gasteiger partial charge >= 0.3 is 0 Å². The van der Waals surface area contributed by atoms with Crippen LogP contribution in [0.2, 0.25) is 10.0 Å². The highest BCUT2D eigenvalue weighted by Crippen LogP contribution is 2.24. The van der Waals surface area contributed by atoms with Crippen molar-refractivity contribution in [2.75, 3.05) is 13.1 Å². The summed E-state index contributed by atoms with van der Waals surface area (Å²) in [6, 6.07) is 8.81. The first kappa shape index (κ1) is 17.2. The first-order chi connectivity index (χ1) is 11.6. The van der Waals surface area contributed by atoms with Gasteiger partial charge in [0.05, 0.1) is 23.3 Å². The Hall–Kier alpha value is -1.62. The zero-order valence-electron chi connectivity index (χ0n) is 13.1. The van der Waals surface area contributed by atoms with Crippen LogP contribution in [0.4, 0.5) is 0 Å². The molecule has 4 nitrogen and oxygen atoms in total. The van der Waals surface area contributed by atoms with Gasteiger partial charge in [-0.25, -0.2) is 0 Å². The number of carbonyl (C=O) groups is 1. The fourth-order valence-electron chi connectivity index (χ4n) is 2.79. The molecule has 1 aromatic carbocycles. The van der Waals surface area contributed by atoms with E-state index in [2.05, 4.69) is 4.98 Å². The Bertz CT molecular complexity index is 709. The molecule has 0 bridgehead atoms. The van der Waals surface area contributed by atoms with E-state index >= 15 is 0 Å². The molecule has 0 radical (unpaired) electrons. The van der Waals surface area contributed by atoms with Gasteiger partial charge in [0.1, 0.15) is 0 Å². The molecule has 126 valence electrons. The molecule has 6 heteroatoms. The Kier molecular flexibility index (Phi) is 5.72. The predicted molar refractivity (Wildman–Crippen MR) is 94.4 cm³/mol. The van der Waals surface area contributed by atoms with Crippen LogP contribution in [-0.2, 0) is 11.3 Å². The van der Waals surface area contributed by atoms with Crippen LogP contribution < -0.4 is 0 Å². The maximum atomic E-state index is 12.7. The third-order valence-electron chi connectivity index (χ3n) is 4.04. The molecular formula is C18H18Cl2N2O2. The Morgan fingerprint density at radius 1 is 1.33 bits per heavy atom. The molecule has 1 saturated heterocycles. The highest BCUT2D eigenvalue weighted by atomic mass is 35.5. The number of amides is 1. The Balaban J connectivity index is 1.61. The molecule has 1 atom stereocenters. The minimum absolute atomic E-state index is 0.0222. The molecule has 0 spiro atoms. The third kappa shape index (κ3) is 4.26. The van der Waals surface area contributed by atoms with Crippen LogP contribution in [-0.4, -0.2) is 35.0 Å². The van der Waals surface area contributed by atoms with Crippen LogP contribution in [0.5, 0.6) is 0 Å². The van der Waals surface area contributed by atoms with Gasteiger partial charge in [0.25, 0.3) is 5.91 Å². The SMILES string of the molecule is O=C(c1ccc(Cl)cc1Cl)N1CCCC(OCc2cccnc2)C1. The number of nitrogens with zero attached hydrogens (tertiary/aromatic N) is 2. The summed E-state index contributed by atoms with van der Waals surface area (Å²) in [5, 5.41) is 0.902. The highest BCUT2D eigenvalue weighted by molar-refractivity contribution is 6.36. The first-order valence-electron chi connectivity index (χ1n) is 7.88. The fourth-order valence-corrected chi connectivity index (χ4v) is 3.28. The molecule has 2 heterocycles. The largest absolute Gasteiger partial charge is 0.372 e. The molecule has 1 amide bonds. The van der Waals surface area contributed by atoms with Crippen LogP contribution in [0.3, 0.4) is 0 Å². The standard InChI is InChI=1S/C18H18Cl2N2O2/c19-14-5-6-16(17(20)9-14)18(23)22-8-2-4-15(11-22)24-12-13-3-1-7-21-10-13/h1,3,5-7,9-10,15H,2,4,8,11-12H2. The summed E-state index contributed by atoms with van der Waals surface area (Å²) in [4.78, 5) is 18.6. The van der Waals surface area contributed by atoms with E-state index in [1.807, 2.05) is 12.1 Å². The van der Waals surface area contributed by atoms with Gasteiger partial charge in [0.2, 0.25) is 0 Å². The molecule has 0 N–H and O–H groups in total. The Labute approximate surface area is 151 Å². The van der Waals surface area contributed by atoms with Crippen LogP contribution in [0.15, 0.2) is 42.7 Å². The first-order valence-corrected chi connectivity index (χ1v) is 8.64. The van der Waals surface area contributed by atoms with Crippen molar-refractivity contribution in [3.8, 4) is 0 Å². The summed E-state index contributed by atoms with van der Waals surface area (Å²) in [5.74, 6) is -0.0775. The number of halogens is 2. The zero-order chi connectivity index (χ0) is 16.9. The molecule has 1 aliphatic heterocycles. The van der Waals surface area contributed by atoms with Gasteiger partial charge in [-0.15, -0.1) is 0 Å². The van der Waals surface area contributed by atoms with Gasteiger partial charge in [-0.3, -0.25) is 9.78 Å². The number of likely N-dealkylation sites (tertiary alicyclic amines) is 1. The normalized spacial score (nSPS) is 17.8. The number of piperidine rings is 1. The Morgan fingerprint density at radius 3 is 2.96 bits per heavy atom. The minimum Gasteiger partial charge on any atom is -0.372 e. The van der Waals surface area contributed by atoms with Crippen LogP contribution in [0, 0.1) is 0 Å². The number of hydrogen-bond acceptors (Lipinski definition) is 3. The summed E-state index contributed by atoms with van der Waals surface area (Å²) in [5.41, 5.74) is 1.51. The van der Waals surface area contributed by atoms with Crippen LogP contribution in [0.1, 0.15) is 28.8 Å². The lowest BCUT2D eigenvalue weighted by Crippen LogP contribution is -2.43. The van der Waals surface area contributed by atoms with Gasteiger partial charge in [-0.1, -0.05) is 29.3 Å². The maximum Gasteiger partial charge on any atom is 0.255 e. The number of aromatic nitrogens is 1. The van der Waals surface area contributed by atoms with E-state index in [1.165, 1.54) is 0 Å². The number of hydrogen-bond donors (Lipinski definition) is 0. The molecule has 0 saturated carbocycles. The number of benzene rings is 1. The number of ether oxygens (including phenoxy) is 1. The predicted octanol–water partition coefficient (Wildman–Crippen LogP) is 4.21. The van der Waals surface area contributed by atoms with Crippen molar-refractivity contribution >= 4 is 29.1 Å². The van der Waals surface area contributed by atoms with Gasteiger partial charge in [-0.05, 0) is 42.7 Å². The summed E-state index contributed by atoms with van der Waals surface area (Å²) >= 11 is 12.0. The quantitative estimate of drug-likeness (QED) is 0.815. The molecule has 1 fully saturated rings. The fraction of sp³-hybridized carbons (Fsp3) is 0.333. The number of pyridine rings is 1. The lowest BCUT2D eigenvalue weighted by molar-refractivity contribution is -0.00680. The molecule has 1 unspecified atom stereocenters. The summed E-state index contributed by atoms with van der Waals surface area (Å²) in [6.45, 7) is 1.78. The van der Waals surface area contributed by atoms with Crippen molar-refractivity contribution < 1.29 is 9.53 Å². The van der Waals surface area contributed by atoms with Gasteiger partial charge in [0.15, 0.2) is 0 Å². The summed E-state index contributed by atoms with van der Waals surface area (Å²) in [7, 11) is 0. The second kappa shape index (κ2) is 7.97. The zero-order valence-corrected chi connectivity index (χ0v) is 14.6. The maximum absolute atomic E-state index is 12.7.